The molecule has 2 aromatic heterocycles. The molecule has 4 aromatic rings. The Labute approximate surface area is 181 Å². The fraction of sp³-hybridized carbons (Fsp3) is 0.250. The highest BCUT2D eigenvalue weighted by atomic mass is 16.5. The van der Waals surface area contributed by atoms with Crippen molar-refractivity contribution in [3.05, 3.63) is 78.4 Å². The molecule has 1 fully saturated rings. The smallest absolute Gasteiger partial charge is 0.160 e. The summed E-state index contributed by atoms with van der Waals surface area (Å²) < 4.78 is 7.51. The molecule has 7 nitrogen and oxygen atoms in total. The summed E-state index contributed by atoms with van der Waals surface area (Å²) in [5.74, 6) is 1.88. The second kappa shape index (κ2) is 8.75. The Balaban J connectivity index is 1.50. The fourth-order valence-electron chi connectivity index (χ4n) is 3.77. The van der Waals surface area contributed by atoms with E-state index < -0.39 is 0 Å². The van der Waals surface area contributed by atoms with Crippen LogP contribution in [0.15, 0.2) is 72.8 Å². The highest BCUT2D eigenvalue weighted by Gasteiger charge is 2.19. The molecule has 0 saturated carbocycles. The molecular weight excluding hydrogens is 388 g/mol. The van der Waals surface area contributed by atoms with E-state index >= 15 is 0 Å². The van der Waals surface area contributed by atoms with Crippen LogP contribution < -0.4 is 15.3 Å². The van der Waals surface area contributed by atoms with Crippen molar-refractivity contribution in [3.8, 4) is 11.3 Å². The Hall–Kier alpha value is -3.42. The Morgan fingerprint density at radius 1 is 0.968 bits per heavy atom. The van der Waals surface area contributed by atoms with E-state index in [1.165, 1.54) is 5.56 Å². The summed E-state index contributed by atoms with van der Waals surface area (Å²) >= 11 is 0. The van der Waals surface area contributed by atoms with Gasteiger partial charge in [0, 0.05) is 44.4 Å². The van der Waals surface area contributed by atoms with Gasteiger partial charge in [0.15, 0.2) is 5.65 Å². The number of benzene rings is 2. The molecule has 2 aromatic carbocycles. The molecule has 1 aliphatic heterocycles. The summed E-state index contributed by atoms with van der Waals surface area (Å²) in [4.78, 5) is 7.21. The van der Waals surface area contributed by atoms with Crippen LogP contribution in [0.2, 0.25) is 0 Å². The van der Waals surface area contributed by atoms with Gasteiger partial charge in [0.1, 0.15) is 11.6 Å². The topological polar surface area (TPSA) is 57.9 Å². The molecule has 1 aliphatic rings. The summed E-state index contributed by atoms with van der Waals surface area (Å²) in [5.41, 5.74) is 7.49. The van der Waals surface area contributed by atoms with Gasteiger partial charge in [-0.05, 0) is 5.56 Å². The quantitative estimate of drug-likeness (QED) is 0.488. The van der Waals surface area contributed by atoms with E-state index in [0.717, 1.165) is 48.2 Å². The number of ether oxygens (including phenoxy) is 1. The van der Waals surface area contributed by atoms with E-state index in [4.69, 9.17) is 14.8 Å². The minimum absolute atomic E-state index is 0.716. The highest BCUT2D eigenvalue weighted by Crippen LogP contribution is 2.26. The normalized spacial score (nSPS) is 14.2. The number of hydrazine groups is 1. The first-order chi connectivity index (χ1) is 15.3. The molecule has 5 rings (SSSR count). The molecule has 158 valence electrons. The zero-order valence-electron chi connectivity index (χ0n) is 17.6. The number of hydrogen-bond acceptors (Lipinski definition) is 6. The van der Waals surface area contributed by atoms with Gasteiger partial charge >= 0.3 is 0 Å². The lowest BCUT2D eigenvalue weighted by Crippen LogP contribution is -2.38. The van der Waals surface area contributed by atoms with Gasteiger partial charge in [-0.3, -0.25) is 5.01 Å². The van der Waals surface area contributed by atoms with Crippen molar-refractivity contribution in [3.63, 3.8) is 0 Å². The van der Waals surface area contributed by atoms with Gasteiger partial charge in [0.25, 0.3) is 0 Å². The standard InChI is InChI=1S/C24H26N6O/c1-28(25-18-19-8-4-2-5-9-19)22-17-24(29-12-14-31-15-13-29)30-23(26-22)16-21(27-30)20-10-6-3-7-11-20/h2-11,16-17,25H,12-15,18H2,1H3. The maximum absolute atomic E-state index is 5.56. The van der Waals surface area contributed by atoms with E-state index in [-0.39, 0.29) is 0 Å². The number of hydrogen-bond donors (Lipinski definition) is 1. The number of aromatic nitrogens is 3. The summed E-state index contributed by atoms with van der Waals surface area (Å²) in [6.07, 6.45) is 0. The zero-order chi connectivity index (χ0) is 21.0. The van der Waals surface area contributed by atoms with E-state index in [2.05, 4.69) is 52.8 Å². The Kier molecular flexibility index (Phi) is 5.52. The predicted molar refractivity (Wildman–Crippen MR) is 123 cm³/mol. The minimum atomic E-state index is 0.716. The van der Waals surface area contributed by atoms with Crippen molar-refractivity contribution in [2.24, 2.45) is 0 Å². The third-order valence-electron chi connectivity index (χ3n) is 5.51. The van der Waals surface area contributed by atoms with Crippen molar-refractivity contribution >= 4 is 17.3 Å². The molecule has 0 amide bonds. The number of morpholine rings is 1. The third kappa shape index (κ3) is 4.23. The predicted octanol–water partition coefficient (Wildman–Crippen LogP) is 3.37. The fourth-order valence-corrected chi connectivity index (χ4v) is 3.77. The Bertz CT molecular complexity index is 1140. The monoisotopic (exact) mass is 414 g/mol. The number of nitrogens with zero attached hydrogens (tertiary/aromatic N) is 5. The average Bonchev–Trinajstić information content (AvgIpc) is 3.28. The molecular formula is C24H26N6O. The van der Waals surface area contributed by atoms with Gasteiger partial charge in [-0.1, -0.05) is 60.7 Å². The molecule has 0 aliphatic carbocycles. The second-order valence-corrected chi connectivity index (χ2v) is 7.62. The van der Waals surface area contributed by atoms with Crippen LogP contribution in [0.4, 0.5) is 11.6 Å². The SMILES string of the molecule is CN(NCc1ccccc1)c1cc(N2CCOCC2)n2nc(-c3ccccc3)cc2n1. The van der Waals surface area contributed by atoms with Crippen LogP contribution in [0, 0.1) is 0 Å². The first-order valence-electron chi connectivity index (χ1n) is 10.6. The molecule has 0 spiro atoms. The molecule has 7 heteroatoms. The van der Waals surface area contributed by atoms with Gasteiger partial charge in [-0.25, -0.2) is 10.4 Å². The van der Waals surface area contributed by atoms with Crippen molar-refractivity contribution in [1.29, 1.82) is 0 Å². The molecule has 0 bridgehead atoms. The first kappa shape index (κ1) is 19.5. The van der Waals surface area contributed by atoms with E-state index in [9.17, 15) is 0 Å². The Morgan fingerprint density at radius 2 is 1.68 bits per heavy atom. The Morgan fingerprint density at radius 3 is 2.42 bits per heavy atom. The van der Waals surface area contributed by atoms with Crippen LogP contribution in [-0.4, -0.2) is 47.9 Å². The first-order valence-corrected chi connectivity index (χ1v) is 10.6. The maximum Gasteiger partial charge on any atom is 0.160 e. The summed E-state index contributed by atoms with van der Waals surface area (Å²) in [7, 11) is 2.00. The van der Waals surface area contributed by atoms with Crippen LogP contribution >= 0.6 is 0 Å². The van der Waals surface area contributed by atoms with Crippen LogP contribution in [0.1, 0.15) is 5.56 Å². The average molecular weight is 415 g/mol. The molecule has 0 atom stereocenters. The van der Waals surface area contributed by atoms with Crippen molar-refractivity contribution < 1.29 is 4.74 Å². The van der Waals surface area contributed by atoms with Gasteiger partial charge in [-0.2, -0.15) is 9.61 Å². The molecule has 31 heavy (non-hydrogen) atoms. The number of anilines is 2. The molecule has 0 radical (unpaired) electrons. The summed E-state index contributed by atoms with van der Waals surface area (Å²) in [6, 6.07) is 24.7. The van der Waals surface area contributed by atoms with Gasteiger partial charge in [0.2, 0.25) is 0 Å². The van der Waals surface area contributed by atoms with Crippen molar-refractivity contribution in [1.82, 2.24) is 20.0 Å². The largest absolute Gasteiger partial charge is 0.378 e. The van der Waals surface area contributed by atoms with Gasteiger partial charge < -0.3 is 9.64 Å². The molecule has 1 N–H and O–H groups in total. The summed E-state index contributed by atoms with van der Waals surface area (Å²) in [5, 5.41) is 6.86. The van der Waals surface area contributed by atoms with E-state index in [1.54, 1.807) is 0 Å². The lowest BCUT2D eigenvalue weighted by atomic mass is 10.2. The van der Waals surface area contributed by atoms with Crippen LogP contribution in [0.25, 0.3) is 16.9 Å². The number of rotatable bonds is 6. The number of nitrogens with one attached hydrogen (secondary N) is 1. The van der Waals surface area contributed by atoms with Gasteiger partial charge in [0.05, 0.1) is 18.9 Å². The minimum Gasteiger partial charge on any atom is -0.378 e. The summed E-state index contributed by atoms with van der Waals surface area (Å²) in [6.45, 7) is 3.83. The van der Waals surface area contributed by atoms with Crippen molar-refractivity contribution in [2.75, 3.05) is 43.3 Å². The molecule has 1 saturated heterocycles. The highest BCUT2D eigenvalue weighted by molar-refractivity contribution is 5.68. The van der Waals surface area contributed by atoms with Gasteiger partial charge in [-0.15, -0.1) is 0 Å². The lowest BCUT2D eigenvalue weighted by molar-refractivity contribution is 0.122. The van der Waals surface area contributed by atoms with Crippen LogP contribution in [-0.2, 0) is 11.3 Å². The van der Waals surface area contributed by atoms with E-state index in [1.807, 2.05) is 46.9 Å². The number of fused-ring (bicyclic) bond motifs is 1. The lowest BCUT2D eigenvalue weighted by Gasteiger charge is -2.30. The van der Waals surface area contributed by atoms with Crippen LogP contribution in [0.5, 0.6) is 0 Å². The molecule has 0 unspecified atom stereocenters. The van der Waals surface area contributed by atoms with E-state index in [0.29, 0.717) is 13.2 Å². The van der Waals surface area contributed by atoms with Crippen molar-refractivity contribution in [2.45, 2.75) is 6.54 Å². The van der Waals surface area contributed by atoms with Crippen LogP contribution in [0.3, 0.4) is 0 Å². The maximum atomic E-state index is 5.56. The third-order valence-corrected chi connectivity index (χ3v) is 5.51. The zero-order valence-corrected chi connectivity index (χ0v) is 17.6. The second-order valence-electron chi connectivity index (χ2n) is 7.62. The molecule has 3 heterocycles.